The van der Waals surface area contributed by atoms with Gasteiger partial charge in [-0.25, -0.2) is 4.68 Å². The number of nitrogens with zero attached hydrogens (tertiary/aromatic N) is 4. The largest absolute Gasteiger partial charge is 0.311 e. The third kappa shape index (κ3) is 3.35. The molecule has 1 aromatic heterocycles. The first-order valence-electron chi connectivity index (χ1n) is 6.07. The molecule has 19 heavy (non-hydrogen) atoms. The number of benzene rings is 1. The van der Waals surface area contributed by atoms with Gasteiger partial charge < -0.3 is 5.32 Å². The molecule has 7 nitrogen and oxygen atoms in total. The number of rotatable bonds is 6. The van der Waals surface area contributed by atoms with Crippen molar-refractivity contribution in [2.45, 2.75) is 19.9 Å². The summed E-state index contributed by atoms with van der Waals surface area (Å²) in [7, 11) is 0. The summed E-state index contributed by atoms with van der Waals surface area (Å²) in [6.07, 6.45) is 2.82. The zero-order chi connectivity index (χ0) is 13.7. The summed E-state index contributed by atoms with van der Waals surface area (Å²) in [4.78, 5) is 10.3. The van der Waals surface area contributed by atoms with Crippen molar-refractivity contribution >= 4 is 5.69 Å². The van der Waals surface area contributed by atoms with Gasteiger partial charge in [0.25, 0.3) is 5.69 Å². The molecule has 2 rings (SSSR count). The van der Waals surface area contributed by atoms with Gasteiger partial charge >= 0.3 is 0 Å². The highest BCUT2D eigenvalue weighted by atomic mass is 16.6. The predicted octanol–water partition coefficient (Wildman–Crippen LogP) is 1.68. The third-order valence-corrected chi connectivity index (χ3v) is 2.58. The van der Waals surface area contributed by atoms with Gasteiger partial charge in [0, 0.05) is 18.7 Å². The highest BCUT2D eigenvalue weighted by molar-refractivity contribution is 5.42. The van der Waals surface area contributed by atoms with Crippen molar-refractivity contribution in [1.29, 1.82) is 0 Å². The summed E-state index contributed by atoms with van der Waals surface area (Å²) < 4.78 is 1.54. The van der Waals surface area contributed by atoms with Crippen molar-refractivity contribution < 1.29 is 4.92 Å². The zero-order valence-corrected chi connectivity index (χ0v) is 10.6. The number of non-ortho nitro benzene ring substituents is 1. The van der Waals surface area contributed by atoms with Crippen LogP contribution in [0.1, 0.15) is 19.0 Å². The maximum Gasteiger partial charge on any atom is 0.271 e. The molecule has 0 saturated carbocycles. The van der Waals surface area contributed by atoms with Crippen LogP contribution in [-0.2, 0) is 6.54 Å². The van der Waals surface area contributed by atoms with Crippen LogP contribution in [0.4, 0.5) is 5.69 Å². The molecule has 0 bridgehead atoms. The molecule has 1 heterocycles. The second-order valence-electron chi connectivity index (χ2n) is 4.11. The van der Waals surface area contributed by atoms with E-state index in [1.165, 1.54) is 16.8 Å². The van der Waals surface area contributed by atoms with Gasteiger partial charge in [-0.1, -0.05) is 18.2 Å². The lowest BCUT2D eigenvalue weighted by Gasteiger charge is -1.99. The second kappa shape index (κ2) is 6.05. The van der Waals surface area contributed by atoms with Crippen LogP contribution in [-0.4, -0.2) is 26.5 Å². The van der Waals surface area contributed by atoms with E-state index in [-0.39, 0.29) is 5.69 Å². The minimum atomic E-state index is -0.426. The first-order valence-corrected chi connectivity index (χ1v) is 6.07. The Morgan fingerprint density at radius 3 is 3.05 bits per heavy atom. The lowest BCUT2D eigenvalue weighted by molar-refractivity contribution is -0.384. The fourth-order valence-electron chi connectivity index (χ4n) is 1.65. The first kappa shape index (κ1) is 13.2. The highest BCUT2D eigenvalue weighted by Gasteiger charge is 2.08. The molecule has 0 fully saturated rings. The van der Waals surface area contributed by atoms with Crippen LogP contribution in [0.5, 0.6) is 0 Å². The van der Waals surface area contributed by atoms with Crippen molar-refractivity contribution in [3.05, 3.63) is 46.3 Å². The van der Waals surface area contributed by atoms with Gasteiger partial charge in [0.15, 0.2) is 0 Å². The maximum absolute atomic E-state index is 10.7. The number of aromatic nitrogens is 3. The first-order chi connectivity index (χ1) is 9.20. The SMILES string of the molecule is CCCNCc1cn(-c2cccc([N+](=O)[O-])c2)nn1. The van der Waals surface area contributed by atoms with Crippen LogP contribution in [0, 0.1) is 10.1 Å². The van der Waals surface area contributed by atoms with Crippen molar-refractivity contribution in [2.24, 2.45) is 0 Å². The standard InChI is InChI=1S/C12H15N5O2/c1-2-6-13-8-10-9-16(15-14-10)11-4-3-5-12(7-11)17(18)19/h3-5,7,9,13H,2,6,8H2,1H3. The Labute approximate surface area is 110 Å². The van der Waals surface area contributed by atoms with E-state index in [4.69, 9.17) is 0 Å². The Morgan fingerprint density at radius 2 is 2.32 bits per heavy atom. The van der Waals surface area contributed by atoms with Crippen molar-refractivity contribution in [3.8, 4) is 5.69 Å². The summed E-state index contributed by atoms with van der Waals surface area (Å²) in [5.74, 6) is 0. The van der Waals surface area contributed by atoms with E-state index in [2.05, 4.69) is 22.6 Å². The van der Waals surface area contributed by atoms with Gasteiger partial charge in [-0.3, -0.25) is 10.1 Å². The minimum absolute atomic E-state index is 0.0404. The number of nitrogens with one attached hydrogen (secondary N) is 1. The van der Waals surface area contributed by atoms with Crippen molar-refractivity contribution in [2.75, 3.05) is 6.54 Å². The Balaban J connectivity index is 2.13. The summed E-state index contributed by atoms with van der Waals surface area (Å²) in [6, 6.07) is 6.30. The lowest BCUT2D eigenvalue weighted by atomic mass is 10.3. The van der Waals surface area contributed by atoms with Gasteiger partial charge in [-0.2, -0.15) is 0 Å². The van der Waals surface area contributed by atoms with Crippen LogP contribution >= 0.6 is 0 Å². The average Bonchev–Trinajstić information content (AvgIpc) is 2.88. The molecule has 0 atom stereocenters. The van der Waals surface area contributed by atoms with Gasteiger partial charge in [0.05, 0.1) is 22.5 Å². The molecular formula is C12H15N5O2. The Morgan fingerprint density at radius 1 is 1.47 bits per heavy atom. The molecule has 7 heteroatoms. The van der Waals surface area contributed by atoms with E-state index in [1.807, 2.05) is 0 Å². The smallest absolute Gasteiger partial charge is 0.271 e. The molecule has 0 aliphatic carbocycles. The fourth-order valence-corrected chi connectivity index (χ4v) is 1.65. The van der Waals surface area contributed by atoms with E-state index in [1.54, 1.807) is 18.3 Å². The summed E-state index contributed by atoms with van der Waals surface area (Å²) >= 11 is 0. The number of nitro groups is 1. The molecule has 0 amide bonds. The maximum atomic E-state index is 10.7. The summed E-state index contributed by atoms with van der Waals surface area (Å²) in [6.45, 7) is 3.65. The number of hydrogen-bond acceptors (Lipinski definition) is 5. The lowest BCUT2D eigenvalue weighted by Crippen LogP contribution is -2.13. The topological polar surface area (TPSA) is 85.9 Å². The van der Waals surface area contributed by atoms with Crippen LogP contribution in [0.2, 0.25) is 0 Å². The molecule has 0 unspecified atom stereocenters. The van der Waals surface area contributed by atoms with Crippen molar-refractivity contribution in [3.63, 3.8) is 0 Å². The quantitative estimate of drug-likeness (QED) is 0.485. The van der Waals surface area contributed by atoms with Crippen LogP contribution in [0.3, 0.4) is 0 Å². The molecule has 2 aromatic rings. The zero-order valence-electron chi connectivity index (χ0n) is 10.6. The average molecular weight is 261 g/mol. The van der Waals surface area contributed by atoms with Crippen LogP contribution in [0.25, 0.3) is 5.69 Å². The van der Waals surface area contributed by atoms with E-state index in [0.717, 1.165) is 18.7 Å². The van der Waals surface area contributed by atoms with Gasteiger partial charge in [-0.15, -0.1) is 5.10 Å². The van der Waals surface area contributed by atoms with E-state index in [0.29, 0.717) is 12.2 Å². The monoisotopic (exact) mass is 261 g/mol. The molecule has 0 spiro atoms. The molecule has 0 radical (unpaired) electrons. The minimum Gasteiger partial charge on any atom is -0.311 e. The molecule has 1 N–H and O–H groups in total. The third-order valence-electron chi connectivity index (χ3n) is 2.58. The Hall–Kier alpha value is -2.28. The summed E-state index contributed by atoms with van der Waals surface area (Å²) in [5.41, 5.74) is 1.47. The molecular weight excluding hydrogens is 246 g/mol. The predicted molar refractivity (Wildman–Crippen MR) is 70.0 cm³/mol. The van der Waals surface area contributed by atoms with Gasteiger partial charge in [0.2, 0.25) is 0 Å². The molecule has 0 aliphatic heterocycles. The van der Waals surface area contributed by atoms with Crippen molar-refractivity contribution in [1.82, 2.24) is 20.3 Å². The van der Waals surface area contributed by atoms with Gasteiger partial charge in [-0.05, 0) is 19.0 Å². The van der Waals surface area contributed by atoms with Crippen LogP contribution in [0.15, 0.2) is 30.5 Å². The van der Waals surface area contributed by atoms with E-state index < -0.39 is 4.92 Å². The summed E-state index contributed by atoms with van der Waals surface area (Å²) in [5, 5.41) is 21.9. The Kier molecular flexibility index (Phi) is 4.19. The van der Waals surface area contributed by atoms with Crippen LogP contribution < -0.4 is 5.32 Å². The fraction of sp³-hybridized carbons (Fsp3) is 0.333. The molecule has 1 aromatic carbocycles. The molecule has 0 saturated heterocycles. The number of hydrogen-bond donors (Lipinski definition) is 1. The second-order valence-corrected chi connectivity index (χ2v) is 4.11. The van der Waals surface area contributed by atoms with Gasteiger partial charge in [0.1, 0.15) is 0 Å². The number of nitro benzene ring substituents is 1. The molecule has 0 aliphatic rings. The highest BCUT2D eigenvalue weighted by Crippen LogP contribution is 2.15. The normalized spacial score (nSPS) is 10.6. The Bertz CT molecular complexity index is 567. The van der Waals surface area contributed by atoms with E-state index in [9.17, 15) is 10.1 Å². The van der Waals surface area contributed by atoms with E-state index >= 15 is 0 Å². The molecule has 100 valence electrons.